The Morgan fingerprint density at radius 2 is 0.783 bits per heavy atom. The SMILES string of the molecule is CCCCC(O)Oc1ccc(-c2ccc(N(c3ccc(C)cc3)c3ccc(-c4ccc(OC(O)CCCC)cc4)cc3)cc2)cc1. The monoisotopic (exact) mass is 615 g/mol. The molecule has 2 unspecified atom stereocenters. The van der Waals surface area contributed by atoms with Crippen LogP contribution in [0.1, 0.15) is 57.9 Å². The third-order valence-corrected chi connectivity index (χ3v) is 8.07. The van der Waals surface area contributed by atoms with E-state index in [9.17, 15) is 10.2 Å². The average molecular weight is 616 g/mol. The van der Waals surface area contributed by atoms with Gasteiger partial charge in [0.15, 0.2) is 12.6 Å². The molecular weight excluding hydrogens is 570 g/mol. The standard InChI is InChI=1S/C41H45NO4/c1-4-6-8-40(43)45-38-26-16-33(17-27-38)31-12-22-36(23-13-31)42(35-20-10-30(3)11-21-35)37-24-14-32(15-25-37)34-18-28-39(29-19-34)46-41(44)9-7-5-2/h10-29,40-41,43-44H,4-9H2,1-3H3. The Hall–Kier alpha value is -4.58. The van der Waals surface area contributed by atoms with Gasteiger partial charge in [-0.25, -0.2) is 0 Å². The lowest BCUT2D eigenvalue weighted by Gasteiger charge is -2.26. The summed E-state index contributed by atoms with van der Waals surface area (Å²) in [5, 5.41) is 20.2. The normalized spacial score (nSPS) is 12.4. The first-order valence-corrected chi connectivity index (χ1v) is 16.4. The molecule has 238 valence electrons. The second kappa shape index (κ2) is 16.1. The number of ether oxygens (including phenoxy) is 2. The lowest BCUT2D eigenvalue weighted by atomic mass is 10.0. The number of aliphatic hydroxyl groups excluding tert-OH is 2. The molecule has 2 atom stereocenters. The molecule has 0 saturated carbocycles. The third kappa shape index (κ3) is 8.78. The lowest BCUT2D eigenvalue weighted by Crippen LogP contribution is -2.14. The first-order valence-electron chi connectivity index (χ1n) is 16.4. The summed E-state index contributed by atoms with van der Waals surface area (Å²) in [6.45, 7) is 6.30. The summed E-state index contributed by atoms with van der Waals surface area (Å²) < 4.78 is 11.3. The zero-order chi connectivity index (χ0) is 32.3. The fraction of sp³-hybridized carbons (Fsp3) is 0.268. The van der Waals surface area contributed by atoms with Crippen molar-refractivity contribution < 1.29 is 19.7 Å². The van der Waals surface area contributed by atoms with Gasteiger partial charge in [0.05, 0.1) is 0 Å². The summed E-state index contributed by atoms with van der Waals surface area (Å²) >= 11 is 0. The highest BCUT2D eigenvalue weighted by Gasteiger charge is 2.14. The molecule has 46 heavy (non-hydrogen) atoms. The maximum absolute atomic E-state index is 10.1. The van der Waals surface area contributed by atoms with Crippen molar-refractivity contribution in [3.8, 4) is 33.8 Å². The van der Waals surface area contributed by atoms with Crippen LogP contribution in [0.15, 0.2) is 121 Å². The van der Waals surface area contributed by atoms with E-state index in [1.165, 1.54) is 5.56 Å². The van der Waals surface area contributed by atoms with E-state index in [1.54, 1.807) is 0 Å². The maximum atomic E-state index is 10.1. The third-order valence-electron chi connectivity index (χ3n) is 8.07. The minimum Gasteiger partial charge on any atom is -0.465 e. The number of aliphatic hydroxyl groups is 2. The molecule has 5 heteroatoms. The molecule has 0 fully saturated rings. The second-order valence-corrected chi connectivity index (χ2v) is 11.7. The number of nitrogens with zero attached hydrogens (tertiary/aromatic N) is 1. The molecule has 0 amide bonds. The smallest absolute Gasteiger partial charge is 0.197 e. The van der Waals surface area contributed by atoms with Gasteiger partial charge >= 0.3 is 0 Å². The Labute approximate surface area is 273 Å². The minimum absolute atomic E-state index is 0.632. The highest BCUT2D eigenvalue weighted by molar-refractivity contribution is 5.80. The first kappa shape index (κ1) is 32.8. The average Bonchev–Trinajstić information content (AvgIpc) is 3.09. The van der Waals surface area contributed by atoms with Gasteiger partial charge in [-0.2, -0.15) is 0 Å². The molecule has 0 radical (unpaired) electrons. The van der Waals surface area contributed by atoms with E-state index in [0.29, 0.717) is 24.3 Å². The van der Waals surface area contributed by atoms with Gasteiger partial charge in [-0.05, 0) is 103 Å². The first-order chi connectivity index (χ1) is 22.4. The van der Waals surface area contributed by atoms with E-state index in [0.717, 1.165) is 65.0 Å². The maximum Gasteiger partial charge on any atom is 0.197 e. The molecule has 0 aliphatic carbocycles. The number of aryl methyl sites for hydroxylation is 1. The molecule has 0 aliphatic rings. The molecule has 0 bridgehead atoms. The zero-order valence-electron chi connectivity index (χ0n) is 27.1. The predicted octanol–water partition coefficient (Wildman–Crippen LogP) is 10.6. The van der Waals surface area contributed by atoms with Crippen LogP contribution in [0, 0.1) is 6.92 Å². The predicted molar refractivity (Wildman–Crippen MR) is 189 cm³/mol. The van der Waals surface area contributed by atoms with Crippen LogP contribution in [0.25, 0.3) is 22.3 Å². The van der Waals surface area contributed by atoms with E-state index in [1.807, 2.05) is 48.5 Å². The van der Waals surface area contributed by atoms with Crippen molar-refractivity contribution in [2.45, 2.75) is 71.9 Å². The van der Waals surface area contributed by atoms with Crippen LogP contribution in [-0.2, 0) is 0 Å². The summed E-state index contributed by atoms with van der Waals surface area (Å²) in [5.41, 5.74) is 8.78. The Bertz CT molecular complexity index is 1510. The van der Waals surface area contributed by atoms with Gasteiger partial charge in [0.1, 0.15) is 11.5 Å². The van der Waals surface area contributed by atoms with Crippen molar-refractivity contribution >= 4 is 17.1 Å². The van der Waals surface area contributed by atoms with Gasteiger partial charge in [-0.1, -0.05) is 92.9 Å². The van der Waals surface area contributed by atoms with Gasteiger partial charge in [-0.15, -0.1) is 0 Å². The molecule has 2 N–H and O–H groups in total. The van der Waals surface area contributed by atoms with Crippen molar-refractivity contribution in [2.24, 2.45) is 0 Å². The van der Waals surface area contributed by atoms with Crippen LogP contribution in [0.4, 0.5) is 17.1 Å². The zero-order valence-corrected chi connectivity index (χ0v) is 27.1. The van der Waals surface area contributed by atoms with Crippen molar-refractivity contribution in [3.63, 3.8) is 0 Å². The van der Waals surface area contributed by atoms with E-state index < -0.39 is 12.6 Å². The molecule has 5 nitrogen and oxygen atoms in total. The van der Waals surface area contributed by atoms with E-state index in [2.05, 4.69) is 98.5 Å². The number of hydrogen-bond acceptors (Lipinski definition) is 5. The van der Waals surface area contributed by atoms with Gasteiger partial charge in [0, 0.05) is 29.9 Å². The Balaban J connectivity index is 1.33. The summed E-state index contributed by atoms with van der Waals surface area (Å²) in [4.78, 5) is 2.26. The topological polar surface area (TPSA) is 62.2 Å². The molecule has 0 aliphatic heterocycles. The number of anilines is 3. The second-order valence-electron chi connectivity index (χ2n) is 11.7. The molecule has 0 saturated heterocycles. The minimum atomic E-state index is -0.776. The Morgan fingerprint density at radius 1 is 0.478 bits per heavy atom. The summed E-state index contributed by atoms with van der Waals surface area (Å²) in [7, 11) is 0. The number of unbranched alkanes of at least 4 members (excludes halogenated alkanes) is 2. The number of hydrogen-bond donors (Lipinski definition) is 2. The van der Waals surface area contributed by atoms with Crippen LogP contribution in [0.2, 0.25) is 0 Å². The molecule has 0 heterocycles. The molecule has 5 aromatic rings. The van der Waals surface area contributed by atoms with Crippen LogP contribution in [-0.4, -0.2) is 22.8 Å². The van der Waals surface area contributed by atoms with Crippen LogP contribution in [0.5, 0.6) is 11.5 Å². The number of benzene rings is 5. The Kier molecular flexibility index (Phi) is 11.5. The Morgan fingerprint density at radius 3 is 1.11 bits per heavy atom. The van der Waals surface area contributed by atoms with Crippen molar-refractivity contribution in [2.75, 3.05) is 4.90 Å². The van der Waals surface area contributed by atoms with E-state index >= 15 is 0 Å². The highest BCUT2D eigenvalue weighted by atomic mass is 16.6. The van der Waals surface area contributed by atoms with Crippen molar-refractivity contribution in [1.82, 2.24) is 0 Å². The van der Waals surface area contributed by atoms with Gasteiger partial charge in [0.2, 0.25) is 0 Å². The van der Waals surface area contributed by atoms with Gasteiger partial charge in [-0.3, -0.25) is 0 Å². The molecule has 5 rings (SSSR count). The van der Waals surface area contributed by atoms with Gasteiger partial charge in [0.25, 0.3) is 0 Å². The molecular formula is C41H45NO4. The largest absolute Gasteiger partial charge is 0.465 e. The van der Waals surface area contributed by atoms with Crippen molar-refractivity contribution in [1.29, 1.82) is 0 Å². The highest BCUT2D eigenvalue weighted by Crippen LogP contribution is 2.37. The fourth-order valence-electron chi connectivity index (χ4n) is 5.39. The lowest BCUT2D eigenvalue weighted by molar-refractivity contribution is -0.0247. The molecule has 0 aromatic heterocycles. The van der Waals surface area contributed by atoms with E-state index in [4.69, 9.17) is 9.47 Å². The summed E-state index contributed by atoms with van der Waals surface area (Å²) in [5.74, 6) is 1.34. The molecule has 0 spiro atoms. The molecule has 5 aromatic carbocycles. The summed E-state index contributed by atoms with van der Waals surface area (Å²) in [6, 6.07) is 41.5. The van der Waals surface area contributed by atoms with Gasteiger partial charge < -0.3 is 24.6 Å². The summed E-state index contributed by atoms with van der Waals surface area (Å²) in [6.07, 6.45) is 3.64. The van der Waals surface area contributed by atoms with Crippen molar-refractivity contribution in [3.05, 3.63) is 127 Å². The van der Waals surface area contributed by atoms with Crippen LogP contribution >= 0.6 is 0 Å². The quantitative estimate of drug-likeness (QED) is 0.115. The van der Waals surface area contributed by atoms with Crippen LogP contribution < -0.4 is 14.4 Å². The van der Waals surface area contributed by atoms with Crippen LogP contribution in [0.3, 0.4) is 0 Å². The fourth-order valence-corrected chi connectivity index (χ4v) is 5.39. The number of rotatable bonds is 15. The van der Waals surface area contributed by atoms with E-state index in [-0.39, 0.29) is 0 Å².